The highest BCUT2D eigenvalue weighted by Crippen LogP contribution is 2.56. The van der Waals surface area contributed by atoms with Crippen LogP contribution in [0, 0.1) is 42.1 Å². The van der Waals surface area contributed by atoms with Gasteiger partial charge in [-0.2, -0.15) is 5.10 Å². The van der Waals surface area contributed by atoms with Gasteiger partial charge >= 0.3 is 11.4 Å². The smallest absolute Gasteiger partial charge is 0.381 e. The maximum absolute atomic E-state index is 16.0. The van der Waals surface area contributed by atoms with E-state index in [1.54, 1.807) is 35.6 Å². The van der Waals surface area contributed by atoms with Gasteiger partial charge in [0.2, 0.25) is 0 Å². The Morgan fingerprint density at radius 3 is 2.36 bits per heavy atom. The Morgan fingerprint density at radius 1 is 0.970 bits per heavy atom. The fraction of sp³-hybridized carbons (Fsp3) is 0.396. The molecule has 0 bridgehead atoms. The zero-order valence-electron chi connectivity index (χ0n) is 37.0. The molecular formula is C48H49F2N9O6S. The average Bonchev–Trinajstić information content (AvgIpc) is 3.94. The van der Waals surface area contributed by atoms with Crippen molar-refractivity contribution in [1.82, 2.24) is 38.5 Å². The van der Waals surface area contributed by atoms with Crippen LogP contribution < -0.4 is 11.4 Å². The molecule has 4 aliphatic rings. The van der Waals surface area contributed by atoms with E-state index in [0.29, 0.717) is 77.4 Å². The molecule has 4 aromatic heterocycles. The van der Waals surface area contributed by atoms with E-state index in [-0.39, 0.29) is 46.4 Å². The van der Waals surface area contributed by atoms with Crippen LogP contribution in [0.2, 0.25) is 0 Å². The molecule has 1 unspecified atom stereocenters. The van der Waals surface area contributed by atoms with E-state index >= 15 is 13.6 Å². The number of H-pyrrole nitrogens is 1. The summed E-state index contributed by atoms with van der Waals surface area (Å²) in [6, 6.07) is 14.7. The Hall–Kier alpha value is -6.40. The van der Waals surface area contributed by atoms with Gasteiger partial charge in [0, 0.05) is 60.8 Å². The summed E-state index contributed by atoms with van der Waals surface area (Å²) in [7, 11) is -3.22. The summed E-state index contributed by atoms with van der Waals surface area (Å²) in [6.07, 6.45) is 7.43. The molecule has 2 N–H and O–H groups in total. The predicted octanol–water partition coefficient (Wildman–Crippen LogP) is 7.59. The SMILES string of the molecule is Cc1cc(-n2nc3c(c2-n2ccn(-c4ccc(S(=N)(=O)CC5CC5)cc4F)c2=O)[C@H](C)N(C(=O)c2cc4cc(C5CCOCC5)ccc4n2[C@@]2(c4noc(=O)[nH]4)C[C@@H]2C)CC3)cc(C)c1F. The third kappa shape index (κ3) is 6.73. The standard InChI is InChI=1S/C48H49F2N9O6S/c1-26-19-34(20-27(2)42(26)50)59-43(57-16-15-56(47(57)62)39-10-8-35(23-36(39)49)66(51,63)25-30-5-6-30)41-29(4)55(14-11-37(41)53-59)44(60)40-22-33-21-32(31-12-17-64-18-13-31)7-9-38(33)58(40)48(24-28(48)3)45-52-46(61)65-54-45/h7-10,15-16,19-23,28-31,51H,5-6,11-14,17-18,24-25H2,1-4H3,(H,52,54,61)/t28-,29-,48-,66?/m0/s1. The van der Waals surface area contributed by atoms with E-state index in [9.17, 15) is 13.8 Å². The highest BCUT2D eigenvalue weighted by atomic mass is 32.2. The number of nitrogens with zero attached hydrogens (tertiary/aromatic N) is 7. The van der Waals surface area contributed by atoms with Crippen LogP contribution >= 0.6 is 0 Å². The average molecular weight is 918 g/mol. The molecule has 66 heavy (non-hydrogen) atoms. The lowest BCUT2D eigenvalue weighted by atomic mass is 9.91. The number of hydrogen-bond acceptors (Lipinski definition) is 9. The van der Waals surface area contributed by atoms with Gasteiger partial charge in [0.05, 0.1) is 37.7 Å². The third-order valence-corrected chi connectivity index (χ3v) is 16.3. The zero-order valence-corrected chi connectivity index (χ0v) is 37.8. The normalized spacial score (nSPS) is 21.9. The Balaban J connectivity index is 1.03. The molecule has 2 saturated carbocycles. The van der Waals surface area contributed by atoms with Gasteiger partial charge in [-0.3, -0.25) is 23.4 Å². The van der Waals surface area contributed by atoms with Crippen LogP contribution in [-0.4, -0.2) is 74.1 Å². The Bertz CT molecular complexity index is 3350. The number of fused-ring (bicyclic) bond motifs is 2. The summed E-state index contributed by atoms with van der Waals surface area (Å²) in [5.74, 6) is -0.850. The van der Waals surface area contributed by atoms with Gasteiger partial charge in [0.15, 0.2) is 5.82 Å². The van der Waals surface area contributed by atoms with E-state index < -0.39 is 38.6 Å². The van der Waals surface area contributed by atoms with Crippen LogP contribution in [0.4, 0.5) is 8.78 Å². The van der Waals surface area contributed by atoms with Crippen molar-refractivity contribution in [2.45, 2.75) is 88.6 Å². The molecule has 15 nitrogen and oxygen atoms in total. The van der Waals surface area contributed by atoms with E-state index in [4.69, 9.17) is 19.1 Å². The molecule has 11 rings (SSSR count). The number of nitrogens with one attached hydrogen (secondary N) is 2. The topological polar surface area (TPSA) is 179 Å². The van der Waals surface area contributed by atoms with E-state index in [2.05, 4.69) is 22.3 Å². The number of ether oxygens (including phenoxy) is 1. The minimum atomic E-state index is -3.22. The first-order valence-electron chi connectivity index (χ1n) is 22.5. The summed E-state index contributed by atoms with van der Waals surface area (Å²) in [5, 5.41) is 10.1. The molecule has 7 aromatic rings. The van der Waals surface area contributed by atoms with Crippen molar-refractivity contribution in [2.75, 3.05) is 25.5 Å². The number of aromatic amines is 1. The summed E-state index contributed by atoms with van der Waals surface area (Å²) in [6.45, 7) is 8.87. The fourth-order valence-corrected chi connectivity index (χ4v) is 12.3. The van der Waals surface area contributed by atoms with Crippen LogP contribution in [0.1, 0.15) is 102 Å². The monoisotopic (exact) mass is 917 g/mol. The number of rotatable bonds is 10. The van der Waals surface area contributed by atoms with Crippen molar-refractivity contribution in [3.8, 4) is 17.2 Å². The lowest BCUT2D eigenvalue weighted by Crippen LogP contribution is -2.41. The van der Waals surface area contributed by atoms with Crippen molar-refractivity contribution >= 4 is 26.5 Å². The van der Waals surface area contributed by atoms with E-state index in [1.807, 2.05) is 30.5 Å². The molecule has 4 atom stereocenters. The molecule has 1 saturated heterocycles. The van der Waals surface area contributed by atoms with Crippen molar-refractivity contribution in [2.24, 2.45) is 11.8 Å². The molecule has 0 spiro atoms. The molecule has 2 aliphatic heterocycles. The summed E-state index contributed by atoms with van der Waals surface area (Å²) >= 11 is 0. The van der Waals surface area contributed by atoms with Gasteiger partial charge in [-0.05, 0) is 136 Å². The van der Waals surface area contributed by atoms with Crippen molar-refractivity contribution in [1.29, 1.82) is 4.78 Å². The lowest BCUT2D eigenvalue weighted by molar-refractivity contribution is 0.0663. The second-order valence-corrected chi connectivity index (χ2v) is 20.8. The maximum Gasteiger partial charge on any atom is 0.438 e. The summed E-state index contributed by atoms with van der Waals surface area (Å²) in [5.41, 5.74) is 3.21. The van der Waals surface area contributed by atoms with Crippen LogP contribution in [0.5, 0.6) is 0 Å². The Kier molecular flexibility index (Phi) is 9.82. The van der Waals surface area contributed by atoms with Crippen LogP contribution in [0.25, 0.3) is 28.1 Å². The summed E-state index contributed by atoms with van der Waals surface area (Å²) < 4.78 is 69.6. The van der Waals surface area contributed by atoms with Crippen LogP contribution in [0.3, 0.4) is 0 Å². The number of amides is 1. The number of halogens is 2. The van der Waals surface area contributed by atoms with E-state index in [0.717, 1.165) is 52.8 Å². The number of aromatic nitrogens is 7. The van der Waals surface area contributed by atoms with Crippen LogP contribution in [-0.2, 0) is 26.4 Å². The van der Waals surface area contributed by atoms with Gasteiger partial charge < -0.3 is 14.2 Å². The van der Waals surface area contributed by atoms with Crippen molar-refractivity contribution in [3.63, 3.8) is 0 Å². The second kappa shape index (κ2) is 15.3. The first-order chi connectivity index (χ1) is 31.6. The first-order valence-corrected chi connectivity index (χ1v) is 24.2. The highest BCUT2D eigenvalue weighted by Gasteiger charge is 2.59. The quantitative estimate of drug-likeness (QED) is 0.141. The highest BCUT2D eigenvalue weighted by molar-refractivity contribution is 7.92. The molecule has 6 heterocycles. The fourth-order valence-electron chi connectivity index (χ4n) is 10.5. The second-order valence-electron chi connectivity index (χ2n) is 18.7. The zero-order chi connectivity index (χ0) is 46.0. The predicted molar refractivity (Wildman–Crippen MR) is 240 cm³/mol. The van der Waals surface area contributed by atoms with E-state index in [1.165, 1.54) is 29.1 Å². The molecule has 18 heteroatoms. The third-order valence-electron chi connectivity index (χ3n) is 14.4. The molecule has 0 radical (unpaired) electrons. The number of carbonyl (C=O) groups is 1. The molecule has 3 fully saturated rings. The molecule has 1 amide bonds. The van der Waals surface area contributed by atoms with Gasteiger partial charge in [0.1, 0.15) is 28.7 Å². The Labute approximate surface area is 377 Å². The molecule has 3 aromatic carbocycles. The number of aryl methyl sites for hydroxylation is 2. The summed E-state index contributed by atoms with van der Waals surface area (Å²) in [4.78, 5) is 47.2. The first kappa shape index (κ1) is 42.2. The molecule has 2 aliphatic carbocycles. The number of imidazole rings is 1. The van der Waals surface area contributed by atoms with Crippen molar-refractivity contribution < 1.29 is 27.0 Å². The Morgan fingerprint density at radius 2 is 1.70 bits per heavy atom. The largest absolute Gasteiger partial charge is 0.438 e. The number of benzene rings is 3. The maximum atomic E-state index is 16.0. The van der Waals surface area contributed by atoms with Crippen molar-refractivity contribution in [3.05, 3.63) is 139 Å². The number of hydrogen-bond donors (Lipinski definition) is 2. The van der Waals surface area contributed by atoms with Gasteiger partial charge in [-0.15, -0.1) is 0 Å². The van der Waals surface area contributed by atoms with Crippen LogP contribution in [0.15, 0.2) is 86.0 Å². The minimum absolute atomic E-state index is 0.0100. The molecule has 342 valence electrons. The van der Waals surface area contributed by atoms with Gasteiger partial charge in [-0.25, -0.2) is 32.0 Å². The lowest BCUT2D eigenvalue weighted by Gasteiger charge is -2.34. The minimum Gasteiger partial charge on any atom is -0.381 e. The number of carbonyl (C=O) groups excluding carboxylic acids is 1. The van der Waals surface area contributed by atoms with Gasteiger partial charge in [-0.1, -0.05) is 18.1 Å². The molecular weight excluding hydrogens is 869 g/mol. The van der Waals surface area contributed by atoms with Gasteiger partial charge in [0.25, 0.3) is 5.91 Å².